The van der Waals surface area contributed by atoms with Crippen molar-refractivity contribution in [3.05, 3.63) is 54.5 Å². The molecule has 0 N–H and O–H groups in total. The van der Waals surface area contributed by atoms with Crippen LogP contribution < -0.4 is 0 Å². The van der Waals surface area contributed by atoms with Gasteiger partial charge in [0.1, 0.15) is 11.4 Å². The Morgan fingerprint density at radius 2 is 2.00 bits per heavy atom. The van der Waals surface area contributed by atoms with Crippen LogP contribution in [0.5, 0.6) is 0 Å². The van der Waals surface area contributed by atoms with Crippen LogP contribution >= 0.6 is 0 Å². The fourth-order valence-corrected chi connectivity index (χ4v) is 1.75. The van der Waals surface area contributed by atoms with E-state index in [1.165, 1.54) is 0 Å². The van der Waals surface area contributed by atoms with Crippen molar-refractivity contribution >= 4 is 16.9 Å². The normalized spacial score (nSPS) is 18.4. The Balaban J connectivity index is 0.00000108. The first-order valence-corrected chi connectivity index (χ1v) is 5.09. The van der Waals surface area contributed by atoms with Gasteiger partial charge in [0.05, 0.1) is 0 Å². The molecule has 0 spiro atoms. The molecule has 1 aromatic heterocycles. The van der Waals surface area contributed by atoms with Crippen molar-refractivity contribution in [3.63, 3.8) is 0 Å². The van der Waals surface area contributed by atoms with Gasteiger partial charge in [-0.15, -0.1) is 0 Å². The van der Waals surface area contributed by atoms with Gasteiger partial charge in [0.2, 0.25) is 5.89 Å². The fraction of sp³-hybridized carbons (Fsp3) is 0.0769. The average Bonchev–Trinajstić information content (AvgIpc) is 2.73. The van der Waals surface area contributed by atoms with Gasteiger partial charge in [0, 0.05) is 19.5 Å². The first-order valence-electron chi connectivity index (χ1n) is 5.09. The summed E-state index contributed by atoms with van der Waals surface area (Å²) in [5, 5.41) is 0. The summed E-state index contributed by atoms with van der Waals surface area (Å²) in [5.74, 6) is 0.0956. The molecule has 1 atom stereocenters. The van der Waals surface area contributed by atoms with Crippen molar-refractivity contribution in [2.45, 2.75) is 5.92 Å². The molecule has 0 saturated carbocycles. The SMILES string of the molecule is O=C1C=CC=CC1c1nc2ccccc2o1.[Zn]. The maximum Gasteiger partial charge on any atom is 0.210 e. The zero-order valence-electron chi connectivity index (χ0n) is 9.17. The number of nitrogens with zero attached hydrogens (tertiary/aromatic N) is 1. The van der Waals surface area contributed by atoms with E-state index in [4.69, 9.17) is 4.42 Å². The Kier molecular flexibility index (Phi) is 3.34. The van der Waals surface area contributed by atoms with Gasteiger partial charge in [-0.2, -0.15) is 0 Å². The van der Waals surface area contributed by atoms with Crippen molar-refractivity contribution < 1.29 is 28.7 Å². The zero-order valence-corrected chi connectivity index (χ0v) is 12.1. The number of benzene rings is 1. The van der Waals surface area contributed by atoms with Crippen LogP contribution in [0.25, 0.3) is 11.1 Å². The van der Waals surface area contributed by atoms with Gasteiger partial charge in [0.15, 0.2) is 11.4 Å². The smallest absolute Gasteiger partial charge is 0.210 e. The molecule has 0 radical (unpaired) electrons. The molecule has 1 unspecified atom stereocenters. The zero-order chi connectivity index (χ0) is 11.0. The summed E-state index contributed by atoms with van der Waals surface area (Å²) in [6.07, 6.45) is 6.90. The predicted octanol–water partition coefficient (Wildman–Crippen LogP) is 2.60. The Labute approximate surface area is 111 Å². The first-order chi connectivity index (χ1) is 7.84. The van der Waals surface area contributed by atoms with Gasteiger partial charge in [-0.25, -0.2) is 4.98 Å². The fourth-order valence-electron chi connectivity index (χ4n) is 1.75. The molecule has 3 rings (SSSR count). The van der Waals surface area contributed by atoms with Gasteiger partial charge in [-0.1, -0.05) is 30.4 Å². The van der Waals surface area contributed by atoms with Crippen LogP contribution in [0, 0.1) is 0 Å². The van der Waals surface area contributed by atoms with E-state index in [1.807, 2.05) is 30.3 Å². The monoisotopic (exact) mass is 275 g/mol. The van der Waals surface area contributed by atoms with Crippen LogP contribution in [0.3, 0.4) is 0 Å². The maximum atomic E-state index is 11.6. The molecular formula is C13H9NO2Zn. The summed E-state index contributed by atoms with van der Waals surface area (Å²) in [4.78, 5) is 15.9. The Bertz CT molecular complexity index is 580. The van der Waals surface area contributed by atoms with E-state index in [0.717, 1.165) is 5.52 Å². The van der Waals surface area contributed by atoms with Gasteiger partial charge in [0.25, 0.3) is 0 Å². The van der Waals surface area contributed by atoms with E-state index in [-0.39, 0.29) is 31.2 Å². The van der Waals surface area contributed by atoms with Crippen LogP contribution in [0.4, 0.5) is 0 Å². The van der Waals surface area contributed by atoms with Crippen molar-refractivity contribution in [2.75, 3.05) is 0 Å². The summed E-state index contributed by atoms with van der Waals surface area (Å²) in [6, 6.07) is 7.50. The second-order valence-corrected chi connectivity index (χ2v) is 3.64. The minimum atomic E-state index is -0.377. The number of hydrogen-bond donors (Lipinski definition) is 0. The first kappa shape index (κ1) is 11.9. The number of rotatable bonds is 1. The van der Waals surface area contributed by atoms with E-state index in [0.29, 0.717) is 11.5 Å². The number of aromatic nitrogens is 1. The minimum absolute atomic E-state index is 0. The maximum absolute atomic E-state index is 11.6. The third-order valence-corrected chi connectivity index (χ3v) is 2.56. The van der Waals surface area contributed by atoms with Crippen molar-refractivity contribution in [3.8, 4) is 0 Å². The number of ketones is 1. The molecule has 0 fully saturated rings. The van der Waals surface area contributed by atoms with E-state index in [9.17, 15) is 4.79 Å². The molecule has 0 amide bonds. The molecule has 1 aromatic carbocycles. The Morgan fingerprint density at radius 1 is 1.18 bits per heavy atom. The molecule has 4 heteroatoms. The van der Waals surface area contributed by atoms with Crippen molar-refractivity contribution in [1.29, 1.82) is 0 Å². The molecule has 1 aliphatic carbocycles. The second-order valence-electron chi connectivity index (χ2n) is 3.64. The van der Waals surface area contributed by atoms with E-state index in [2.05, 4.69) is 4.98 Å². The molecule has 1 aliphatic rings. The molecule has 0 saturated heterocycles. The molecule has 17 heavy (non-hydrogen) atoms. The summed E-state index contributed by atoms with van der Waals surface area (Å²) in [6.45, 7) is 0. The number of fused-ring (bicyclic) bond motifs is 1. The standard InChI is InChI=1S/C13H9NO2.Zn/c15-11-7-3-1-5-9(11)13-14-10-6-2-4-8-12(10)16-13;/h1-9H;. The third-order valence-electron chi connectivity index (χ3n) is 2.56. The molecule has 3 nitrogen and oxygen atoms in total. The molecule has 2 aromatic rings. The number of allylic oxidation sites excluding steroid dienone is 4. The summed E-state index contributed by atoms with van der Waals surface area (Å²) in [5.41, 5.74) is 1.50. The third kappa shape index (κ3) is 2.13. The summed E-state index contributed by atoms with van der Waals surface area (Å²) >= 11 is 0. The molecular weight excluding hydrogens is 268 g/mol. The topological polar surface area (TPSA) is 43.1 Å². The number of carbonyl (C=O) groups excluding carboxylic acids is 1. The Morgan fingerprint density at radius 3 is 2.76 bits per heavy atom. The number of hydrogen-bond acceptors (Lipinski definition) is 3. The quantitative estimate of drug-likeness (QED) is 0.752. The number of oxazole rings is 1. The van der Waals surface area contributed by atoms with Crippen LogP contribution in [0.15, 0.2) is 53.0 Å². The van der Waals surface area contributed by atoms with E-state index < -0.39 is 0 Å². The molecule has 1 heterocycles. The van der Waals surface area contributed by atoms with Crippen molar-refractivity contribution in [2.24, 2.45) is 0 Å². The summed E-state index contributed by atoms with van der Waals surface area (Å²) in [7, 11) is 0. The molecule has 80 valence electrons. The van der Waals surface area contributed by atoms with Crippen LogP contribution in [-0.2, 0) is 24.3 Å². The van der Waals surface area contributed by atoms with Crippen molar-refractivity contribution in [1.82, 2.24) is 4.98 Å². The van der Waals surface area contributed by atoms with Gasteiger partial charge < -0.3 is 4.42 Å². The Hall–Kier alpha value is -1.54. The van der Waals surface area contributed by atoms with Gasteiger partial charge in [-0.3, -0.25) is 4.79 Å². The van der Waals surface area contributed by atoms with Crippen LogP contribution in [-0.4, -0.2) is 10.8 Å². The molecule has 0 bridgehead atoms. The van der Waals surface area contributed by atoms with E-state index >= 15 is 0 Å². The van der Waals surface area contributed by atoms with Gasteiger partial charge >= 0.3 is 0 Å². The number of carbonyl (C=O) groups is 1. The second kappa shape index (κ2) is 4.76. The largest absolute Gasteiger partial charge is 0.440 e. The molecule has 0 aliphatic heterocycles. The van der Waals surface area contributed by atoms with Crippen LogP contribution in [0.1, 0.15) is 11.8 Å². The van der Waals surface area contributed by atoms with Gasteiger partial charge in [-0.05, 0) is 18.2 Å². The average molecular weight is 277 g/mol. The number of para-hydroxylation sites is 2. The minimum Gasteiger partial charge on any atom is -0.440 e. The predicted molar refractivity (Wildman–Crippen MR) is 60.0 cm³/mol. The van der Waals surface area contributed by atoms with E-state index in [1.54, 1.807) is 18.2 Å². The summed E-state index contributed by atoms with van der Waals surface area (Å²) < 4.78 is 5.56. The van der Waals surface area contributed by atoms with Crippen LogP contribution in [0.2, 0.25) is 0 Å².